The molecule has 1 aliphatic heterocycles. The number of amides is 2. The summed E-state index contributed by atoms with van der Waals surface area (Å²) in [5.41, 5.74) is 6.22. The molecule has 1 aromatic carbocycles. The molecule has 0 aromatic heterocycles. The van der Waals surface area contributed by atoms with Crippen LogP contribution in [0.1, 0.15) is 13.8 Å². The standard InChI is InChI=1S/C12H14ClN3O4S/c1-12(2)11(18)16(21(12,19)20)6-10(17)15-9-4-3-7(13)5-8(9)14/h3-5H,6,14H2,1-2H3,(H,15,17). The van der Waals surface area contributed by atoms with Gasteiger partial charge in [-0.2, -0.15) is 0 Å². The fraction of sp³-hybridized carbons (Fsp3) is 0.333. The van der Waals surface area contributed by atoms with Crippen LogP contribution in [0.3, 0.4) is 0 Å². The Labute approximate surface area is 127 Å². The number of hydrogen-bond acceptors (Lipinski definition) is 5. The molecule has 0 aliphatic carbocycles. The molecule has 0 bridgehead atoms. The van der Waals surface area contributed by atoms with Gasteiger partial charge in [-0.15, -0.1) is 0 Å². The van der Waals surface area contributed by atoms with Gasteiger partial charge in [0.2, 0.25) is 5.91 Å². The van der Waals surface area contributed by atoms with E-state index in [1.54, 1.807) is 0 Å². The van der Waals surface area contributed by atoms with E-state index in [2.05, 4.69) is 5.32 Å². The lowest BCUT2D eigenvalue weighted by atomic mass is 10.2. The molecule has 0 radical (unpaired) electrons. The number of hydrogen-bond donors (Lipinski definition) is 2. The number of nitrogens with two attached hydrogens (primary N) is 1. The molecule has 1 aliphatic rings. The third-order valence-corrected chi connectivity index (χ3v) is 5.83. The highest BCUT2D eigenvalue weighted by Gasteiger charge is 2.60. The van der Waals surface area contributed by atoms with Gasteiger partial charge in [-0.05, 0) is 32.0 Å². The first-order valence-corrected chi connectivity index (χ1v) is 7.81. The molecular weight excluding hydrogens is 318 g/mol. The zero-order valence-electron chi connectivity index (χ0n) is 11.4. The predicted octanol–water partition coefficient (Wildman–Crippen LogP) is 0.811. The molecule has 2 amide bonds. The number of benzene rings is 1. The minimum absolute atomic E-state index is 0.244. The third-order valence-electron chi connectivity index (χ3n) is 3.25. The van der Waals surface area contributed by atoms with Crippen LogP contribution >= 0.6 is 11.6 Å². The van der Waals surface area contributed by atoms with Crippen LogP contribution in [-0.2, 0) is 19.6 Å². The number of anilines is 2. The minimum Gasteiger partial charge on any atom is -0.397 e. The first kappa shape index (κ1) is 15.6. The van der Waals surface area contributed by atoms with E-state index in [4.69, 9.17) is 17.3 Å². The highest BCUT2D eigenvalue weighted by Crippen LogP contribution is 2.34. The first-order valence-electron chi connectivity index (χ1n) is 5.99. The zero-order valence-corrected chi connectivity index (χ0v) is 13.0. The Balaban J connectivity index is 2.09. The van der Waals surface area contributed by atoms with Gasteiger partial charge in [0, 0.05) is 5.02 Å². The van der Waals surface area contributed by atoms with E-state index in [0.717, 1.165) is 0 Å². The summed E-state index contributed by atoms with van der Waals surface area (Å²) in [7, 11) is -3.78. The van der Waals surface area contributed by atoms with Gasteiger partial charge in [0.25, 0.3) is 15.9 Å². The SMILES string of the molecule is CC1(C)C(=O)N(CC(=O)Nc2ccc(Cl)cc2N)S1(=O)=O. The Morgan fingerprint density at radius 3 is 2.57 bits per heavy atom. The summed E-state index contributed by atoms with van der Waals surface area (Å²) in [6.45, 7) is 2.03. The molecular formula is C12H14ClN3O4S. The van der Waals surface area contributed by atoms with Gasteiger partial charge in [0.1, 0.15) is 6.54 Å². The first-order chi connectivity index (χ1) is 9.57. The van der Waals surface area contributed by atoms with Crippen LogP contribution < -0.4 is 11.1 Å². The second kappa shape index (κ2) is 4.88. The van der Waals surface area contributed by atoms with Gasteiger partial charge >= 0.3 is 0 Å². The lowest BCUT2D eigenvalue weighted by molar-refractivity contribution is -0.134. The predicted molar refractivity (Wildman–Crippen MR) is 79.2 cm³/mol. The molecule has 3 N–H and O–H groups in total. The van der Waals surface area contributed by atoms with E-state index in [1.807, 2.05) is 0 Å². The molecule has 0 atom stereocenters. The number of nitrogens with zero attached hydrogens (tertiary/aromatic N) is 1. The van der Waals surface area contributed by atoms with E-state index >= 15 is 0 Å². The molecule has 1 saturated heterocycles. The number of carbonyl (C=O) groups excluding carboxylic acids is 2. The summed E-state index contributed by atoms with van der Waals surface area (Å²) in [5, 5.41) is 2.85. The van der Waals surface area contributed by atoms with Crippen molar-refractivity contribution in [1.82, 2.24) is 4.31 Å². The number of nitrogens with one attached hydrogen (secondary N) is 1. The molecule has 21 heavy (non-hydrogen) atoms. The summed E-state index contributed by atoms with van der Waals surface area (Å²) in [5.74, 6) is -1.27. The summed E-state index contributed by atoms with van der Waals surface area (Å²) in [6, 6.07) is 4.47. The van der Waals surface area contributed by atoms with Crippen molar-refractivity contribution in [2.75, 3.05) is 17.6 Å². The molecule has 1 fully saturated rings. The molecule has 1 aromatic rings. The molecule has 9 heteroatoms. The monoisotopic (exact) mass is 331 g/mol. The number of nitrogen functional groups attached to an aromatic ring is 1. The van der Waals surface area contributed by atoms with Gasteiger partial charge in [0.15, 0.2) is 4.75 Å². The van der Waals surface area contributed by atoms with Crippen LogP contribution in [-0.4, -0.2) is 35.8 Å². The second-order valence-electron chi connectivity index (χ2n) is 5.11. The lowest BCUT2D eigenvalue weighted by Gasteiger charge is -2.42. The number of sulfonamides is 1. The fourth-order valence-corrected chi connectivity index (χ4v) is 3.54. The van der Waals surface area contributed by atoms with Gasteiger partial charge in [0.05, 0.1) is 11.4 Å². The van der Waals surface area contributed by atoms with Crippen LogP contribution in [0.15, 0.2) is 18.2 Å². The summed E-state index contributed by atoms with van der Waals surface area (Å²) < 4.78 is 22.8. The zero-order chi connectivity index (χ0) is 16.0. The molecule has 2 rings (SSSR count). The average Bonchev–Trinajstić information content (AvgIpc) is 2.38. The third kappa shape index (κ3) is 2.44. The van der Waals surface area contributed by atoms with Crippen LogP contribution in [0.25, 0.3) is 0 Å². The van der Waals surface area contributed by atoms with Gasteiger partial charge in [-0.3, -0.25) is 9.59 Å². The quantitative estimate of drug-likeness (QED) is 0.796. The maximum atomic E-state index is 11.9. The number of halogens is 1. The average molecular weight is 332 g/mol. The fourth-order valence-electron chi connectivity index (χ4n) is 1.88. The van der Waals surface area contributed by atoms with E-state index in [1.165, 1.54) is 32.0 Å². The van der Waals surface area contributed by atoms with Crippen molar-refractivity contribution in [3.63, 3.8) is 0 Å². The van der Waals surface area contributed by atoms with Crippen LogP contribution in [0.5, 0.6) is 0 Å². The largest absolute Gasteiger partial charge is 0.397 e. The van der Waals surface area contributed by atoms with Crippen molar-refractivity contribution in [2.45, 2.75) is 18.6 Å². The second-order valence-corrected chi connectivity index (χ2v) is 7.95. The molecule has 0 spiro atoms. The van der Waals surface area contributed by atoms with Crippen molar-refractivity contribution in [3.8, 4) is 0 Å². The van der Waals surface area contributed by atoms with Gasteiger partial charge in [-0.25, -0.2) is 12.7 Å². The molecule has 1 heterocycles. The summed E-state index contributed by atoms with van der Waals surface area (Å²) >= 11 is 5.73. The number of rotatable bonds is 3. The lowest BCUT2D eigenvalue weighted by Crippen LogP contribution is -2.68. The topological polar surface area (TPSA) is 110 Å². The van der Waals surface area contributed by atoms with Crippen LogP contribution in [0, 0.1) is 0 Å². The highest BCUT2D eigenvalue weighted by molar-refractivity contribution is 7.94. The van der Waals surface area contributed by atoms with E-state index in [9.17, 15) is 18.0 Å². The van der Waals surface area contributed by atoms with Gasteiger partial charge < -0.3 is 11.1 Å². The maximum Gasteiger partial charge on any atom is 0.259 e. The Morgan fingerprint density at radius 2 is 2.05 bits per heavy atom. The van der Waals surface area contributed by atoms with Crippen molar-refractivity contribution in [2.24, 2.45) is 0 Å². The molecule has 0 unspecified atom stereocenters. The molecule has 7 nitrogen and oxygen atoms in total. The van der Waals surface area contributed by atoms with Crippen molar-refractivity contribution < 1.29 is 18.0 Å². The Kier molecular flexibility index (Phi) is 3.63. The Bertz CT molecular complexity index is 730. The van der Waals surface area contributed by atoms with E-state index < -0.39 is 33.1 Å². The molecule has 0 saturated carbocycles. The smallest absolute Gasteiger partial charge is 0.259 e. The van der Waals surface area contributed by atoms with Crippen LogP contribution in [0.2, 0.25) is 5.02 Å². The highest BCUT2D eigenvalue weighted by atomic mass is 35.5. The van der Waals surface area contributed by atoms with Crippen molar-refractivity contribution >= 4 is 44.8 Å². The summed E-state index contributed by atoms with van der Waals surface area (Å²) in [4.78, 5) is 23.6. The Morgan fingerprint density at radius 1 is 1.43 bits per heavy atom. The van der Waals surface area contributed by atoms with Crippen LogP contribution in [0.4, 0.5) is 11.4 Å². The van der Waals surface area contributed by atoms with Crippen molar-refractivity contribution in [3.05, 3.63) is 23.2 Å². The normalized spacial score (nSPS) is 19.0. The minimum atomic E-state index is -3.78. The molecule has 114 valence electrons. The van der Waals surface area contributed by atoms with Crippen molar-refractivity contribution in [1.29, 1.82) is 0 Å². The van der Waals surface area contributed by atoms with E-state index in [-0.39, 0.29) is 5.69 Å². The summed E-state index contributed by atoms with van der Waals surface area (Å²) in [6.07, 6.45) is 0. The number of carbonyl (C=O) groups is 2. The van der Waals surface area contributed by atoms with E-state index in [0.29, 0.717) is 15.0 Å². The Hall–Kier alpha value is -1.80. The maximum absolute atomic E-state index is 11.9. The van der Waals surface area contributed by atoms with Gasteiger partial charge in [-0.1, -0.05) is 11.6 Å².